The monoisotopic (exact) mass is 322 g/mol. The van der Waals surface area contributed by atoms with Crippen molar-refractivity contribution in [3.05, 3.63) is 30.6 Å². The third-order valence-corrected chi connectivity index (χ3v) is 8.31. The van der Waals surface area contributed by atoms with E-state index < -0.39 is 18.4 Å². The summed E-state index contributed by atoms with van der Waals surface area (Å²) in [6.45, 7) is 0. The molecule has 0 fully saturated rings. The maximum atomic E-state index is 3.93. The van der Waals surface area contributed by atoms with Crippen molar-refractivity contribution in [2.45, 2.75) is 14.8 Å². The Balaban J connectivity index is 2.34. The van der Waals surface area contributed by atoms with Crippen LogP contribution in [0.4, 0.5) is 0 Å². The standard InChI is InChI=1S/C8H5N4.3CH3.Sn/c1-2-4-7(5-3-1)8-11-9-6-10-12-8;;;;/h2-6H;3*1H3;. The van der Waals surface area contributed by atoms with Crippen molar-refractivity contribution in [3.8, 4) is 11.4 Å². The zero-order valence-corrected chi connectivity index (χ0v) is 12.5. The molecule has 0 bridgehead atoms. The molecule has 0 spiro atoms. The minimum absolute atomic E-state index is 0.582. The Kier molecular flexibility index (Phi) is 3.18. The van der Waals surface area contributed by atoms with Gasteiger partial charge in [-0.25, -0.2) is 0 Å². The Hall–Kier alpha value is -1.04. The molecular weight excluding hydrogens is 307 g/mol. The van der Waals surface area contributed by atoms with E-state index >= 15 is 0 Å². The van der Waals surface area contributed by atoms with E-state index in [2.05, 4.69) is 59.5 Å². The van der Waals surface area contributed by atoms with Crippen LogP contribution in [0.15, 0.2) is 30.6 Å². The molecule has 0 atom stereocenters. The first-order valence-electron chi connectivity index (χ1n) is 5.18. The average Bonchev–Trinajstić information content (AvgIpc) is 2.29. The molecule has 0 radical (unpaired) electrons. The van der Waals surface area contributed by atoms with E-state index in [1.165, 1.54) is 9.91 Å². The Morgan fingerprint density at radius 1 is 0.875 bits per heavy atom. The summed E-state index contributed by atoms with van der Waals surface area (Å²) in [4.78, 5) is 7.18. The van der Waals surface area contributed by atoms with Crippen LogP contribution >= 0.6 is 0 Å². The van der Waals surface area contributed by atoms with Gasteiger partial charge >= 0.3 is 99.2 Å². The van der Waals surface area contributed by atoms with Crippen LogP contribution in [0.5, 0.6) is 0 Å². The van der Waals surface area contributed by atoms with Gasteiger partial charge in [0.2, 0.25) is 0 Å². The quantitative estimate of drug-likeness (QED) is 0.786. The molecule has 0 aliphatic carbocycles. The number of rotatable bonds is 2. The van der Waals surface area contributed by atoms with Crippen LogP contribution in [0, 0.1) is 0 Å². The molecule has 0 unspecified atom stereocenters. The van der Waals surface area contributed by atoms with Crippen LogP contribution in [-0.2, 0) is 0 Å². The summed E-state index contributed by atoms with van der Waals surface area (Å²) in [5.74, 6) is 0.582. The summed E-state index contributed by atoms with van der Waals surface area (Å²) in [5, 5.41) is 15.3. The Morgan fingerprint density at radius 2 is 1.44 bits per heavy atom. The van der Waals surface area contributed by atoms with Gasteiger partial charge in [0.05, 0.1) is 0 Å². The van der Waals surface area contributed by atoms with Crippen molar-refractivity contribution >= 4 is 22.0 Å². The van der Waals surface area contributed by atoms with Crippen LogP contribution < -0.4 is 3.58 Å². The number of hydrogen-bond acceptors (Lipinski definition) is 4. The first-order chi connectivity index (χ1) is 7.57. The van der Waals surface area contributed by atoms with Gasteiger partial charge in [-0.05, 0) is 0 Å². The summed E-state index contributed by atoms with van der Waals surface area (Å²) in [6, 6.07) is 8.47. The Labute approximate surface area is 99.0 Å². The van der Waals surface area contributed by atoms with Crippen molar-refractivity contribution in [1.29, 1.82) is 0 Å². The van der Waals surface area contributed by atoms with Gasteiger partial charge in [0.25, 0.3) is 0 Å². The van der Waals surface area contributed by atoms with Gasteiger partial charge in [0.1, 0.15) is 0 Å². The predicted octanol–water partition coefficient (Wildman–Crippen LogP) is 1.48. The van der Waals surface area contributed by atoms with Crippen LogP contribution in [0.3, 0.4) is 0 Å². The van der Waals surface area contributed by atoms with Gasteiger partial charge in [0, 0.05) is 0 Å². The molecule has 2 rings (SSSR count). The van der Waals surface area contributed by atoms with Crippen molar-refractivity contribution in [2.24, 2.45) is 0 Å². The molecule has 1 heterocycles. The number of benzene rings is 1. The maximum absolute atomic E-state index is 3.93. The second-order valence-corrected chi connectivity index (χ2v) is 19.2. The van der Waals surface area contributed by atoms with E-state index in [0.717, 1.165) is 5.56 Å². The Bertz CT molecular complexity index is 462. The third-order valence-electron chi connectivity index (χ3n) is 2.42. The van der Waals surface area contributed by atoms with Gasteiger partial charge in [-0.1, -0.05) is 0 Å². The second-order valence-electron chi connectivity index (χ2n) is 4.70. The van der Waals surface area contributed by atoms with E-state index in [1.54, 1.807) is 0 Å². The molecule has 0 aliphatic heterocycles. The molecule has 0 saturated carbocycles. The van der Waals surface area contributed by atoms with Gasteiger partial charge in [-0.2, -0.15) is 0 Å². The van der Waals surface area contributed by atoms with Gasteiger partial charge in [0.15, 0.2) is 0 Å². The van der Waals surface area contributed by atoms with E-state index in [1.807, 2.05) is 0 Å². The molecule has 0 N–H and O–H groups in total. The van der Waals surface area contributed by atoms with Crippen molar-refractivity contribution in [3.63, 3.8) is 0 Å². The topological polar surface area (TPSA) is 51.6 Å². The fraction of sp³-hybridized carbons (Fsp3) is 0.273. The summed E-state index contributed by atoms with van der Waals surface area (Å²) < 4.78 is 1.50. The zero-order chi connectivity index (χ0) is 11.6. The Morgan fingerprint density at radius 3 is 1.94 bits per heavy atom. The SMILES string of the molecule is [CH3][Sn]([CH3])([CH3])[c]1ccc(-c2nncnn2)cc1. The number of aromatic nitrogens is 4. The van der Waals surface area contributed by atoms with Gasteiger partial charge in [-0.15, -0.1) is 0 Å². The average molecular weight is 321 g/mol. The fourth-order valence-electron chi connectivity index (χ4n) is 1.44. The zero-order valence-electron chi connectivity index (χ0n) is 9.68. The third kappa shape index (κ3) is 2.55. The molecule has 16 heavy (non-hydrogen) atoms. The summed E-state index contributed by atoms with van der Waals surface area (Å²) >= 11 is -1.94. The first kappa shape index (κ1) is 11.4. The van der Waals surface area contributed by atoms with Crippen LogP contribution in [0.25, 0.3) is 11.4 Å². The van der Waals surface area contributed by atoms with Crippen molar-refractivity contribution in [2.75, 3.05) is 0 Å². The fourth-order valence-corrected chi connectivity index (χ4v) is 4.77. The van der Waals surface area contributed by atoms with Gasteiger partial charge in [-0.3, -0.25) is 0 Å². The van der Waals surface area contributed by atoms with Crippen molar-refractivity contribution < 1.29 is 0 Å². The summed E-state index contributed by atoms with van der Waals surface area (Å²) in [7, 11) is 0. The first-order valence-corrected chi connectivity index (χ1v) is 15.2. The predicted molar refractivity (Wildman–Crippen MR) is 66.0 cm³/mol. The van der Waals surface area contributed by atoms with E-state index in [0.29, 0.717) is 5.82 Å². The van der Waals surface area contributed by atoms with Crippen LogP contribution in [0.2, 0.25) is 14.8 Å². The minimum atomic E-state index is -1.94. The van der Waals surface area contributed by atoms with Gasteiger partial charge < -0.3 is 0 Å². The summed E-state index contributed by atoms with van der Waals surface area (Å²) in [5.41, 5.74) is 0.972. The molecule has 5 heteroatoms. The molecular formula is C11H14N4Sn. The molecule has 4 nitrogen and oxygen atoms in total. The number of hydrogen-bond donors (Lipinski definition) is 0. The summed E-state index contributed by atoms with van der Waals surface area (Å²) in [6.07, 6.45) is 1.34. The molecule has 1 aromatic carbocycles. The molecule has 1 aromatic heterocycles. The second kappa shape index (κ2) is 4.45. The van der Waals surface area contributed by atoms with Crippen molar-refractivity contribution in [1.82, 2.24) is 20.4 Å². The normalized spacial score (nSPS) is 11.4. The molecule has 0 aliphatic rings. The molecule has 0 saturated heterocycles. The van der Waals surface area contributed by atoms with Crippen LogP contribution in [0.1, 0.15) is 0 Å². The number of nitrogens with zero attached hydrogens (tertiary/aromatic N) is 4. The van der Waals surface area contributed by atoms with E-state index in [-0.39, 0.29) is 0 Å². The van der Waals surface area contributed by atoms with E-state index in [9.17, 15) is 0 Å². The molecule has 0 amide bonds. The van der Waals surface area contributed by atoms with E-state index in [4.69, 9.17) is 0 Å². The molecule has 82 valence electrons. The molecule has 2 aromatic rings. The van der Waals surface area contributed by atoms with Crippen LogP contribution in [-0.4, -0.2) is 38.8 Å².